The van der Waals surface area contributed by atoms with Gasteiger partial charge in [-0.15, -0.1) is 5.10 Å². The quantitative estimate of drug-likeness (QED) is 0.534. The van der Waals surface area contributed by atoms with E-state index >= 15 is 0 Å². The highest BCUT2D eigenvalue weighted by molar-refractivity contribution is 5.94. The SMILES string of the molecule is O=C(NCCc1nccn1Cc1ccccc1)c1cccc(-n2cnnn2)c1. The molecule has 0 bridgehead atoms. The predicted octanol–water partition coefficient (Wildman–Crippen LogP) is 1.88. The molecule has 2 aromatic heterocycles. The van der Waals surface area contributed by atoms with Crippen LogP contribution in [0.25, 0.3) is 5.69 Å². The van der Waals surface area contributed by atoms with E-state index in [0.717, 1.165) is 18.1 Å². The summed E-state index contributed by atoms with van der Waals surface area (Å²) in [5, 5.41) is 14.0. The number of carbonyl (C=O) groups excluding carboxylic acids is 1. The fourth-order valence-electron chi connectivity index (χ4n) is 2.95. The standard InChI is InChI=1S/C20H19N7O/c28-20(17-7-4-8-18(13-17)27-15-23-24-25-27)22-10-9-19-21-11-12-26(19)14-16-5-2-1-3-6-16/h1-8,11-13,15H,9-10,14H2,(H,22,28). The van der Waals surface area contributed by atoms with Crippen LogP contribution in [-0.4, -0.2) is 42.2 Å². The molecule has 140 valence electrons. The summed E-state index contributed by atoms with van der Waals surface area (Å²) < 4.78 is 3.61. The number of aromatic nitrogens is 6. The first-order valence-corrected chi connectivity index (χ1v) is 8.95. The van der Waals surface area contributed by atoms with Crippen LogP contribution in [0.1, 0.15) is 21.7 Å². The zero-order valence-electron chi connectivity index (χ0n) is 15.1. The van der Waals surface area contributed by atoms with Crippen molar-refractivity contribution in [2.24, 2.45) is 0 Å². The Balaban J connectivity index is 1.35. The minimum Gasteiger partial charge on any atom is -0.352 e. The van der Waals surface area contributed by atoms with E-state index in [0.29, 0.717) is 18.5 Å². The molecule has 0 radical (unpaired) electrons. The first kappa shape index (κ1) is 17.6. The first-order valence-electron chi connectivity index (χ1n) is 8.95. The van der Waals surface area contributed by atoms with Crippen LogP contribution < -0.4 is 5.32 Å². The molecule has 0 aliphatic carbocycles. The van der Waals surface area contributed by atoms with Crippen molar-refractivity contribution in [3.05, 3.63) is 90.3 Å². The highest BCUT2D eigenvalue weighted by atomic mass is 16.1. The van der Waals surface area contributed by atoms with Crippen LogP contribution in [0.5, 0.6) is 0 Å². The summed E-state index contributed by atoms with van der Waals surface area (Å²) in [5.74, 6) is 0.794. The topological polar surface area (TPSA) is 90.5 Å². The zero-order valence-corrected chi connectivity index (χ0v) is 15.1. The van der Waals surface area contributed by atoms with E-state index in [9.17, 15) is 4.79 Å². The minimum absolute atomic E-state index is 0.143. The van der Waals surface area contributed by atoms with Crippen LogP contribution in [0.2, 0.25) is 0 Å². The van der Waals surface area contributed by atoms with Crippen molar-refractivity contribution < 1.29 is 4.79 Å². The van der Waals surface area contributed by atoms with E-state index in [1.807, 2.05) is 30.5 Å². The molecule has 2 aromatic carbocycles. The number of rotatable bonds is 7. The van der Waals surface area contributed by atoms with Crippen LogP contribution in [-0.2, 0) is 13.0 Å². The largest absolute Gasteiger partial charge is 0.352 e. The Bertz CT molecular complexity index is 1040. The Kier molecular flexibility index (Phi) is 5.19. The third-order valence-electron chi connectivity index (χ3n) is 4.35. The maximum atomic E-state index is 12.5. The van der Waals surface area contributed by atoms with Gasteiger partial charge in [-0.3, -0.25) is 4.79 Å². The van der Waals surface area contributed by atoms with Gasteiger partial charge in [0.1, 0.15) is 12.2 Å². The summed E-state index contributed by atoms with van der Waals surface area (Å²) in [4.78, 5) is 16.9. The van der Waals surface area contributed by atoms with Gasteiger partial charge in [0, 0.05) is 37.5 Å². The number of hydrogen-bond donors (Lipinski definition) is 1. The molecule has 2 heterocycles. The van der Waals surface area contributed by atoms with Crippen molar-refractivity contribution >= 4 is 5.91 Å². The van der Waals surface area contributed by atoms with Crippen LogP contribution >= 0.6 is 0 Å². The summed E-state index contributed by atoms with van der Waals surface area (Å²) in [6.07, 6.45) is 5.89. The average Bonchev–Trinajstić information content (AvgIpc) is 3.41. The second kappa shape index (κ2) is 8.26. The second-order valence-corrected chi connectivity index (χ2v) is 6.27. The summed E-state index contributed by atoms with van der Waals surface area (Å²) in [5.41, 5.74) is 2.50. The number of imidazole rings is 1. The van der Waals surface area contributed by atoms with Gasteiger partial charge in [0.15, 0.2) is 0 Å². The number of hydrogen-bond acceptors (Lipinski definition) is 5. The molecule has 0 spiro atoms. The molecule has 0 atom stereocenters. The summed E-state index contributed by atoms with van der Waals surface area (Å²) >= 11 is 0. The lowest BCUT2D eigenvalue weighted by atomic mass is 10.2. The second-order valence-electron chi connectivity index (χ2n) is 6.27. The maximum absolute atomic E-state index is 12.5. The predicted molar refractivity (Wildman–Crippen MR) is 103 cm³/mol. The molecule has 1 amide bonds. The number of nitrogens with zero attached hydrogens (tertiary/aromatic N) is 6. The van der Waals surface area contributed by atoms with Crippen molar-refractivity contribution in [3.8, 4) is 5.69 Å². The molecular weight excluding hydrogens is 354 g/mol. The highest BCUT2D eigenvalue weighted by Crippen LogP contribution is 2.09. The Hall–Kier alpha value is -3.81. The molecule has 28 heavy (non-hydrogen) atoms. The van der Waals surface area contributed by atoms with Crippen LogP contribution in [0.15, 0.2) is 73.3 Å². The third kappa shape index (κ3) is 4.12. The maximum Gasteiger partial charge on any atom is 0.251 e. The molecule has 0 unspecified atom stereocenters. The van der Waals surface area contributed by atoms with Gasteiger partial charge < -0.3 is 9.88 Å². The number of benzene rings is 2. The number of carbonyl (C=O) groups is 1. The van der Waals surface area contributed by atoms with Gasteiger partial charge in [-0.1, -0.05) is 36.4 Å². The molecule has 0 aliphatic rings. The summed E-state index contributed by atoms with van der Waals surface area (Å²) in [7, 11) is 0. The fourth-order valence-corrected chi connectivity index (χ4v) is 2.95. The highest BCUT2D eigenvalue weighted by Gasteiger charge is 2.09. The molecule has 1 N–H and O–H groups in total. The minimum atomic E-state index is -0.143. The lowest BCUT2D eigenvalue weighted by molar-refractivity contribution is 0.0954. The molecule has 0 saturated carbocycles. The van der Waals surface area contributed by atoms with Gasteiger partial charge in [-0.25, -0.2) is 9.67 Å². The van der Waals surface area contributed by atoms with Crippen LogP contribution in [0.4, 0.5) is 0 Å². The number of tetrazole rings is 1. The number of amides is 1. The number of nitrogens with one attached hydrogen (secondary N) is 1. The fraction of sp³-hybridized carbons (Fsp3) is 0.150. The molecule has 8 nitrogen and oxygen atoms in total. The van der Waals surface area contributed by atoms with Crippen molar-refractivity contribution in [1.29, 1.82) is 0 Å². The van der Waals surface area contributed by atoms with E-state index in [1.54, 1.807) is 24.4 Å². The smallest absolute Gasteiger partial charge is 0.251 e. The summed E-state index contributed by atoms with van der Waals surface area (Å²) in [6.45, 7) is 1.26. The Morgan fingerprint density at radius 2 is 1.96 bits per heavy atom. The molecule has 0 saturated heterocycles. The average molecular weight is 373 g/mol. The molecule has 0 aliphatic heterocycles. The molecule has 4 rings (SSSR count). The lowest BCUT2D eigenvalue weighted by Gasteiger charge is -2.09. The molecular formula is C20H19N7O. The van der Waals surface area contributed by atoms with Gasteiger partial charge in [0.05, 0.1) is 5.69 Å². The van der Waals surface area contributed by atoms with E-state index in [1.165, 1.54) is 16.6 Å². The van der Waals surface area contributed by atoms with Crippen molar-refractivity contribution in [2.75, 3.05) is 6.54 Å². The van der Waals surface area contributed by atoms with E-state index in [4.69, 9.17) is 0 Å². The van der Waals surface area contributed by atoms with Gasteiger partial charge in [0.25, 0.3) is 5.91 Å². The monoisotopic (exact) mass is 373 g/mol. The van der Waals surface area contributed by atoms with Gasteiger partial charge in [-0.2, -0.15) is 0 Å². The van der Waals surface area contributed by atoms with Crippen molar-refractivity contribution in [3.63, 3.8) is 0 Å². The molecule has 8 heteroatoms. The zero-order chi connectivity index (χ0) is 19.2. The Morgan fingerprint density at radius 3 is 2.79 bits per heavy atom. The van der Waals surface area contributed by atoms with Gasteiger partial charge >= 0.3 is 0 Å². The lowest BCUT2D eigenvalue weighted by Crippen LogP contribution is -2.26. The van der Waals surface area contributed by atoms with Gasteiger partial charge in [0.2, 0.25) is 0 Å². The van der Waals surface area contributed by atoms with Gasteiger partial charge in [-0.05, 0) is 34.2 Å². The van der Waals surface area contributed by atoms with Crippen molar-refractivity contribution in [1.82, 2.24) is 35.1 Å². The molecule has 4 aromatic rings. The third-order valence-corrected chi connectivity index (χ3v) is 4.35. The normalized spacial score (nSPS) is 10.7. The summed E-state index contributed by atoms with van der Waals surface area (Å²) in [6, 6.07) is 17.4. The molecule has 0 fully saturated rings. The van der Waals surface area contributed by atoms with Crippen LogP contribution in [0, 0.1) is 0 Å². The van der Waals surface area contributed by atoms with E-state index in [-0.39, 0.29) is 5.91 Å². The Labute approximate surface area is 161 Å². The van der Waals surface area contributed by atoms with E-state index < -0.39 is 0 Å². The van der Waals surface area contributed by atoms with E-state index in [2.05, 4.69) is 42.5 Å². The first-order chi connectivity index (χ1) is 13.8. The van der Waals surface area contributed by atoms with Crippen molar-refractivity contribution in [2.45, 2.75) is 13.0 Å². The Morgan fingerprint density at radius 1 is 1.07 bits per heavy atom. The van der Waals surface area contributed by atoms with Crippen LogP contribution in [0.3, 0.4) is 0 Å².